The van der Waals surface area contributed by atoms with Gasteiger partial charge in [0, 0.05) is 17.8 Å². The number of hydroxylamine groups is 2. The summed E-state index contributed by atoms with van der Waals surface area (Å²) in [5, 5.41) is 15.5. The summed E-state index contributed by atoms with van der Waals surface area (Å²) in [7, 11) is 0. The van der Waals surface area contributed by atoms with Gasteiger partial charge < -0.3 is 15.7 Å². The first-order valence-corrected chi connectivity index (χ1v) is 8.10. The topological polar surface area (TPSA) is 110 Å². The summed E-state index contributed by atoms with van der Waals surface area (Å²) >= 11 is 0. The Labute approximate surface area is 145 Å². The number of hydrogen-bond acceptors (Lipinski definition) is 5. The van der Waals surface area contributed by atoms with Crippen molar-refractivity contribution in [2.45, 2.75) is 45.3 Å². The second-order valence-corrected chi connectivity index (χ2v) is 7.21. The van der Waals surface area contributed by atoms with Crippen molar-refractivity contribution in [3.63, 3.8) is 0 Å². The third-order valence-corrected chi connectivity index (χ3v) is 5.42. The van der Waals surface area contributed by atoms with Gasteiger partial charge >= 0.3 is 12.0 Å². The number of nitrogens with zero attached hydrogens (tertiary/aromatic N) is 3. The largest absolute Gasteiger partial charge is 0.390 e. The van der Waals surface area contributed by atoms with E-state index in [-0.39, 0.29) is 5.56 Å². The molecule has 8 heteroatoms. The van der Waals surface area contributed by atoms with E-state index in [0.717, 1.165) is 10.6 Å². The molecule has 134 valence electrons. The summed E-state index contributed by atoms with van der Waals surface area (Å²) in [6.07, 6.45) is 4.08. The van der Waals surface area contributed by atoms with Gasteiger partial charge in [0.05, 0.1) is 22.7 Å². The van der Waals surface area contributed by atoms with Crippen LogP contribution in [-0.2, 0) is 4.84 Å². The molecule has 2 aromatic rings. The SMILES string of the molecule is CC1(C)[C@H](N(OC(=O)c2cc3cccnn3c2)C(N)=O)CC[C@@]1(C)O. The molecule has 3 rings (SSSR count). The van der Waals surface area contributed by atoms with Crippen LogP contribution in [0.4, 0.5) is 4.79 Å². The average molecular weight is 346 g/mol. The summed E-state index contributed by atoms with van der Waals surface area (Å²) in [6.45, 7) is 5.36. The van der Waals surface area contributed by atoms with Gasteiger partial charge in [0.25, 0.3) is 0 Å². The zero-order chi connectivity index (χ0) is 18.4. The van der Waals surface area contributed by atoms with Crippen molar-refractivity contribution >= 4 is 17.5 Å². The van der Waals surface area contributed by atoms with Crippen LogP contribution in [0.3, 0.4) is 0 Å². The van der Waals surface area contributed by atoms with Gasteiger partial charge in [-0.1, -0.05) is 13.8 Å². The van der Waals surface area contributed by atoms with Crippen molar-refractivity contribution in [1.82, 2.24) is 14.7 Å². The highest BCUT2D eigenvalue weighted by atomic mass is 16.7. The lowest BCUT2D eigenvalue weighted by atomic mass is 9.76. The van der Waals surface area contributed by atoms with E-state index >= 15 is 0 Å². The van der Waals surface area contributed by atoms with Gasteiger partial charge in [-0.25, -0.2) is 14.1 Å². The number of rotatable bonds is 2. The molecule has 2 heterocycles. The number of nitrogens with two attached hydrogens (primary N) is 1. The van der Waals surface area contributed by atoms with Crippen LogP contribution < -0.4 is 5.73 Å². The Balaban J connectivity index is 1.85. The first kappa shape index (κ1) is 17.2. The highest BCUT2D eigenvalue weighted by Gasteiger charge is 2.54. The van der Waals surface area contributed by atoms with Crippen molar-refractivity contribution < 1.29 is 19.5 Å². The van der Waals surface area contributed by atoms with Gasteiger partial charge in [-0.3, -0.25) is 0 Å². The minimum atomic E-state index is -0.994. The highest BCUT2D eigenvalue weighted by molar-refractivity contribution is 5.91. The summed E-state index contributed by atoms with van der Waals surface area (Å²) in [4.78, 5) is 29.7. The summed E-state index contributed by atoms with van der Waals surface area (Å²) in [6, 6.07) is 3.78. The Morgan fingerprint density at radius 1 is 1.44 bits per heavy atom. The number of carbonyl (C=O) groups excluding carboxylic acids is 2. The van der Waals surface area contributed by atoms with E-state index in [1.54, 1.807) is 31.3 Å². The third-order valence-electron chi connectivity index (χ3n) is 5.42. The number of amides is 2. The van der Waals surface area contributed by atoms with Crippen molar-refractivity contribution in [2.75, 3.05) is 0 Å². The quantitative estimate of drug-likeness (QED) is 0.805. The van der Waals surface area contributed by atoms with Crippen LogP contribution in [0.5, 0.6) is 0 Å². The monoisotopic (exact) mass is 346 g/mol. The van der Waals surface area contributed by atoms with Crippen molar-refractivity contribution in [1.29, 1.82) is 0 Å². The first-order chi connectivity index (χ1) is 11.6. The maximum absolute atomic E-state index is 12.5. The van der Waals surface area contributed by atoms with E-state index in [4.69, 9.17) is 10.6 Å². The molecule has 0 saturated heterocycles. The molecule has 3 N–H and O–H groups in total. The van der Waals surface area contributed by atoms with Crippen LogP contribution in [0.2, 0.25) is 0 Å². The molecule has 1 saturated carbocycles. The molecule has 1 aliphatic carbocycles. The van der Waals surface area contributed by atoms with Crippen LogP contribution in [0, 0.1) is 5.41 Å². The van der Waals surface area contributed by atoms with E-state index < -0.39 is 29.1 Å². The number of hydrogen-bond donors (Lipinski definition) is 2. The van der Waals surface area contributed by atoms with E-state index in [1.807, 2.05) is 13.8 Å². The van der Waals surface area contributed by atoms with Gasteiger partial charge in [-0.05, 0) is 38.0 Å². The van der Waals surface area contributed by atoms with Gasteiger partial charge in [0.1, 0.15) is 0 Å². The van der Waals surface area contributed by atoms with E-state index in [9.17, 15) is 14.7 Å². The molecule has 2 atom stereocenters. The molecule has 2 amide bonds. The van der Waals surface area contributed by atoms with Crippen LogP contribution in [0.15, 0.2) is 30.6 Å². The fourth-order valence-electron chi connectivity index (χ4n) is 3.33. The molecule has 0 aromatic carbocycles. The Hall–Kier alpha value is -2.61. The van der Waals surface area contributed by atoms with Crippen molar-refractivity contribution in [3.05, 3.63) is 36.2 Å². The minimum absolute atomic E-state index is 0.257. The first-order valence-electron chi connectivity index (χ1n) is 8.10. The molecule has 1 fully saturated rings. The highest BCUT2D eigenvalue weighted by Crippen LogP contribution is 2.48. The Bertz CT molecular complexity index is 794. The molecule has 2 aromatic heterocycles. The predicted molar refractivity (Wildman–Crippen MR) is 89.5 cm³/mol. The molecule has 0 unspecified atom stereocenters. The van der Waals surface area contributed by atoms with Gasteiger partial charge in [-0.15, -0.1) is 5.06 Å². The maximum atomic E-state index is 12.5. The Morgan fingerprint density at radius 3 is 2.72 bits per heavy atom. The van der Waals surface area contributed by atoms with Crippen LogP contribution in [0.25, 0.3) is 5.52 Å². The fourth-order valence-corrected chi connectivity index (χ4v) is 3.33. The lowest BCUT2D eigenvalue weighted by Crippen LogP contribution is -2.53. The van der Waals surface area contributed by atoms with Crippen molar-refractivity contribution in [3.8, 4) is 0 Å². The maximum Gasteiger partial charge on any atom is 0.364 e. The number of fused-ring (bicyclic) bond motifs is 1. The zero-order valence-corrected chi connectivity index (χ0v) is 14.5. The number of urea groups is 1. The molecule has 0 spiro atoms. The molecule has 0 bridgehead atoms. The summed E-state index contributed by atoms with van der Waals surface area (Å²) in [5.74, 6) is -0.702. The van der Waals surface area contributed by atoms with Gasteiger partial charge in [-0.2, -0.15) is 5.10 Å². The molecule has 25 heavy (non-hydrogen) atoms. The van der Waals surface area contributed by atoms with Gasteiger partial charge in [0.2, 0.25) is 0 Å². The zero-order valence-electron chi connectivity index (χ0n) is 14.5. The Kier molecular flexibility index (Phi) is 3.95. The van der Waals surface area contributed by atoms with E-state index in [2.05, 4.69) is 5.10 Å². The average Bonchev–Trinajstić information content (AvgIpc) is 3.05. The molecule has 0 radical (unpaired) electrons. The number of aliphatic hydroxyl groups is 1. The van der Waals surface area contributed by atoms with E-state index in [0.29, 0.717) is 12.8 Å². The summed E-state index contributed by atoms with van der Waals surface area (Å²) in [5.41, 5.74) is 4.74. The van der Waals surface area contributed by atoms with Crippen LogP contribution >= 0.6 is 0 Å². The molecular formula is C17H22N4O4. The number of carbonyl (C=O) groups is 2. The molecule has 8 nitrogen and oxygen atoms in total. The minimum Gasteiger partial charge on any atom is -0.390 e. The fraction of sp³-hybridized carbons (Fsp3) is 0.471. The standard InChI is InChI=1S/C17H22N4O4/c1-16(2)13(6-7-17(16,3)24)21(15(18)23)25-14(22)11-9-12-5-4-8-19-20(12)10-11/h4-5,8-10,13,24H,6-7H2,1-3H3,(H2,18,23)/t13-,17-/m1/s1. The molecule has 1 aliphatic rings. The summed E-state index contributed by atoms with van der Waals surface area (Å²) < 4.78 is 1.54. The van der Waals surface area contributed by atoms with Crippen LogP contribution in [0.1, 0.15) is 44.0 Å². The smallest absolute Gasteiger partial charge is 0.364 e. The second kappa shape index (κ2) is 5.73. The number of primary amides is 1. The third kappa shape index (κ3) is 2.82. The molecular weight excluding hydrogens is 324 g/mol. The number of aromatic nitrogens is 2. The van der Waals surface area contributed by atoms with E-state index in [1.165, 1.54) is 10.7 Å². The van der Waals surface area contributed by atoms with Gasteiger partial charge in [0.15, 0.2) is 0 Å². The lowest BCUT2D eigenvalue weighted by molar-refractivity contribution is -0.138. The normalized spacial score (nSPS) is 25.0. The second-order valence-electron chi connectivity index (χ2n) is 7.21. The van der Waals surface area contributed by atoms with Crippen LogP contribution in [-0.4, -0.2) is 43.4 Å². The Morgan fingerprint density at radius 2 is 2.16 bits per heavy atom. The predicted octanol–water partition coefficient (Wildman–Crippen LogP) is 1.73. The lowest BCUT2D eigenvalue weighted by Gasteiger charge is -2.40. The van der Waals surface area contributed by atoms with Crippen molar-refractivity contribution in [2.24, 2.45) is 11.1 Å². The molecule has 0 aliphatic heterocycles.